The van der Waals surface area contributed by atoms with Crippen molar-refractivity contribution >= 4 is 22.9 Å². The van der Waals surface area contributed by atoms with Crippen molar-refractivity contribution in [1.29, 1.82) is 0 Å². The smallest absolute Gasteiger partial charge is 0.227 e. The second-order valence-electron chi connectivity index (χ2n) is 5.97. The van der Waals surface area contributed by atoms with Gasteiger partial charge in [0, 0.05) is 37.5 Å². The van der Waals surface area contributed by atoms with Crippen LogP contribution >= 0.6 is 11.3 Å². The van der Waals surface area contributed by atoms with Gasteiger partial charge in [-0.25, -0.2) is 4.98 Å². The van der Waals surface area contributed by atoms with Crippen LogP contribution in [0.5, 0.6) is 0 Å². The molecule has 3 aromatic heterocycles. The van der Waals surface area contributed by atoms with Crippen LogP contribution in [0.15, 0.2) is 65.0 Å². The second kappa shape index (κ2) is 7.96. The molecule has 7 nitrogen and oxygen atoms in total. The molecule has 0 atom stereocenters. The molecule has 27 heavy (non-hydrogen) atoms. The quantitative estimate of drug-likeness (QED) is 0.530. The molecule has 1 N–H and O–H groups in total. The molecule has 0 saturated heterocycles. The Kier molecular flexibility index (Phi) is 5.06. The molecule has 4 rings (SSSR count). The van der Waals surface area contributed by atoms with Gasteiger partial charge in [-0.2, -0.15) is 4.98 Å². The van der Waals surface area contributed by atoms with E-state index in [0.29, 0.717) is 24.7 Å². The molecule has 4 aromatic rings. The fourth-order valence-corrected chi connectivity index (χ4v) is 3.29. The van der Waals surface area contributed by atoms with E-state index in [1.165, 1.54) is 0 Å². The Balaban J connectivity index is 1.32. The molecule has 1 amide bonds. The zero-order chi connectivity index (χ0) is 18.5. The first-order chi connectivity index (χ1) is 13.3. The Hall–Kier alpha value is -3.26. The molecule has 3 heterocycles. The summed E-state index contributed by atoms with van der Waals surface area (Å²) in [6.45, 7) is 0.706. The zero-order valence-corrected chi connectivity index (χ0v) is 15.2. The number of carbonyl (C=O) groups excluding carboxylic acids is 1. The minimum Gasteiger partial charge on any atom is -0.339 e. The number of imidazole rings is 1. The first kappa shape index (κ1) is 17.2. The van der Waals surface area contributed by atoms with Crippen molar-refractivity contribution in [3.05, 3.63) is 72.0 Å². The molecule has 0 fully saturated rings. The Morgan fingerprint density at radius 2 is 2.22 bits per heavy atom. The summed E-state index contributed by atoms with van der Waals surface area (Å²) in [5, 5.41) is 8.83. The van der Waals surface area contributed by atoms with E-state index in [1.807, 2.05) is 52.5 Å². The maximum Gasteiger partial charge on any atom is 0.227 e. The van der Waals surface area contributed by atoms with Crippen molar-refractivity contribution in [2.45, 2.75) is 19.4 Å². The third-order valence-corrected chi connectivity index (χ3v) is 4.78. The van der Waals surface area contributed by atoms with Crippen LogP contribution in [-0.4, -0.2) is 25.6 Å². The number of nitrogens with one attached hydrogen (secondary N) is 1. The highest BCUT2D eigenvalue weighted by atomic mass is 32.1. The fourth-order valence-electron chi connectivity index (χ4n) is 2.64. The van der Waals surface area contributed by atoms with Gasteiger partial charge in [-0.1, -0.05) is 23.4 Å². The van der Waals surface area contributed by atoms with E-state index < -0.39 is 0 Å². The predicted octanol–water partition coefficient (Wildman–Crippen LogP) is 3.61. The number of aromatic nitrogens is 4. The predicted molar refractivity (Wildman–Crippen MR) is 102 cm³/mol. The van der Waals surface area contributed by atoms with E-state index in [0.717, 1.165) is 16.1 Å². The van der Waals surface area contributed by atoms with Crippen LogP contribution < -0.4 is 5.32 Å². The summed E-state index contributed by atoms with van der Waals surface area (Å²) in [4.78, 5) is 21.5. The van der Waals surface area contributed by atoms with Crippen LogP contribution in [0.1, 0.15) is 17.9 Å². The third-order valence-electron chi connectivity index (χ3n) is 3.91. The summed E-state index contributed by atoms with van der Waals surface area (Å²) in [5.74, 6) is 0.931. The highest BCUT2D eigenvalue weighted by Crippen LogP contribution is 2.21. The van der Waals surface area contributed by atoms with Gasteiger partial charge in [-0.15, -0.1) is 11.3 Å². The molecule has 8 heteroatoms. The zero-order valence-electron chi connectivity index (χ0n) is 14.4. The number of hydrogen-bond acceptors (Lipinski definition) is 6. The molecule has 0 aliphatic rings. The summed E-state index contributed by atoms with van der Waals surface area (Å²) in [5.41, 5.74) is 1.85. The van der Waals surface area contributed by atoms with Crippen LogP contribution in [0.25, 0.3) is 10.7 Å². The number of thiophene rings is 1. The number of anilines is 1. The lowest BCUT2D eigenvalue weighted by Crippen LogP contribution is -2.12. The van der Waals surface area contributed by atoms with E-state index in [1.54, 1.807) is 23.9 Å². The van der Waals surface area contributed by atoms with Crippen molar-refractivity contribution in [3.8, 4) is 10.7 Å². The summed E-state index contributed by atoms with van der Waals surface area (Å²) in [7, 11) is 0. The number of nitrogens with zero attached hydrogens (tertiary/aromatic N) is 4. The molecular formula is C19H17N5O2S. The second-order valence-corrected chi connectivity index (χ2v) is 6.92. The highest BCUT2D eigenvalue weighted by Gasteiger charge is 2.11. The molecule has 0 unspecified atom stereocenters. The molecule has 0 saturated carbocycles. The largest absolute Gasteiger partial charge is 0.339 e. The molecular weight excluding hydrogens is 362 g/mol. The Morgan fingerprint density at radius 3 is 3.04 bits per heavy atom. The molecule has 0 radical (unpaired) electrons. The lowest BCUT2D eigenvalue weighted by molar-refractivity contribution is -0.116. The maximum atomic E-state index is 12.2. The highest BCUT2D eigenvalue weighted by molar-refractivity contribution is 7.13. The lowest BCUT2D eigenvalue weighted by Gasteiger charge is -2.07. The average Bonchev–Trinajstić information content (AvgIpc) is 3.42. The van der Waals surface area contributed by atoms with E-state index in [9.17, 15) is 4.79 Å². The van der Waals surface area contributed by atoms with Crippen LogP contribution in [0, 0.1) is 0 Å². The average molecular weight is 379 g/mol. The number of aryl methyl sites for hydroxylation is 1. The molecule has 136 valence electrons. The topological polar surface area (TPSA) is 85.8 Å². The number of benzene rings is 1. The summed E-state index contributed by atoms with van der Waals surface area (Å²) >= 11 is 1.55. The van der Waals surface area contributed by atoms with Crippen LogP contribution in [-0.2, 0) is 17.8 Å². The molecule has 0 bridgehead atoms. The van der Waals surface area contributed by atoms with Crippen LogP contribution in [0.2, 0.25) is 0 Å². The standard InChI is InChI=1S/C19H17N5O2S/c25-17(6-7-18-22-19(23-26-18)16-5-2-10-27-16)21-15-4-1-3-14(11-15)12-24-9-8-20-13-24/h1-5,8-11,13H,6-7,12H2,(H,21,25). The van der Waals surface area contributed by atoms with Crippen molar-refractivity contribution in [1.82, 2.24) is 19.7 Å². The van der Waals surface area contributed by atoms with Crippen molar-refractivity contribution < 1.29 is 9.32 Å². The van der Waals surface area contributed by atoms with E-state index in [2.05, 4.69) is 20.4 Å². The summed E-state index contributed by atoms with van der Waals surface area (Å²) < 4.78 is 7.20. The van der Waals surface area contributed by atoms with Gasteiger partial charge in [0.05, 0.1) is 11.2 Å². The number of rotatable bonds is 7. The van der Waals surface area contributed by atoms with Gasteiger partial charge in [-0.3, -0.25) is 4.79 Å². The number of carbonyl (C=O) groups is 1. The first-order valence-corrected chi connectivity index (χ1v) is 9.35. The number of hydrogen-bond donors (Lipinski definition) is 1. The van der Waals surface area contributed by atoms with Crippen molar-refractivity contribution in [2.24, 2.45) is 0 Å². The Bertz CT molecular complexity index is 1010. The Labute approximate surface area is 159 Å². The molecule has 0 aliphatic heterocycles. The summed E-state index contributed by atoms with van der Waals surface area (Å²) in [6.07, 6.45) is 6.09. The molecule has 0 aliphatic carbocycles. The number of amides is 1. The Morgan fingerprint density at radius 1 is 1.26 bits per heavy atom. The summed E-state index contributed by atoms with van der Waals surface area (Å²) in [6, 6.07) is 11.6. The molecule has 1 aromatic carbocycles. The minimum atomic E-state index is -0.0920. The monoisotopic (exact) mass is 379 g/mol. The van der Waals surface area contributed by atoms with Gasteiger partial charge in [-0.05, 0) is 29.1 Å². The van der Waals surface area contributed by atoms with E-state index in [-0.39, 0.29) is 12.3 Å². The normalized spacial score (nSPS) is 10.8. The first-order valence-electron chi connectivity index (χ1n) is 8.47. The van der Waals surface area contributed by atoms with Crippen molar-refractivity contribution in [3.63, 3.8) is 0 Å². The minimum absolute atomic E-state index is 0.0920. The fraction of sp³-hybridized carbons (Fsp3) is 0.158. The SMILES string of the molecule is O=C(CCc1nc(-c2cccs2)no1)Nc1cccc(Cn2ccnc2)c1. The van der Waals surface area contributed by atoms with Crippen molar-refractivity contribution in [2.75, 3.05) is 5.32 Å². The van der Waals surface area contributed by atoms with Crippen LogP contribution in [0.4, 0.5) is 5.69 Å². The van der Waals surface area contributed by atoms with Gasteiger partial charge in [0.25, 0.3) is 0 Å². The van der Waals surface area contributed by atoms with Gasteiger partial charge >= 0.3 is 0 Å². The van der Waals surface area contributed by atoms with Gasteiger partial charge in [0.15, 0.2) is 0 Å². The lowest BCUT2D eigenvalue weighted by atomic mass is 10.2. The maximum absolute atomic E-state index is 12.2. The van der Waals surface area contributed by atoms with E-state index >= 15 is 0 Å². The van der Waals surface area contributed by atoms with Gasteiger partial charge < -0.3 is 14.4 Å². The van der Waals surface area contributed by atoms with Crippen LogP contribution in [0.3, 0.4) is 0 Å². The van der Waals surface area contributed by atoms with E-state index in [4.69, 9.17) is 4.52 Å². The van der Waals surface area contributed by atoms with Gasteiger partial charge in [0.2, 0.25) is 17.6 Å². The van der Waals surface area contributed by atoms with Gasteiger partial charge in [0.1, 0.15) is 0 Å². The third kappa shape index (κ3) is 4.48. The molecule has 0 spiro atoms.